The van der Waals surface area contributed by atoms with E-state index in [0.717, 1.165) is 35.6 Å². The molecule has 1 N–H and O–H groups in total. The smallest absolute Gasteiger partial charge is 0.124 e. The molecule has 0 amide bonds. The second kappa shape index (κ2) is 7.14. The number of hydrogen-bond acceptors (Lipinski definition) is 3. The molecule has 2 aromatic rings. The Morgan fingerprint density at radius 1 is 1.33 bits per heavy atom. The van der Waals surface area contributed by atoms with E-state index < -0.39 is 0 Å². The van der Waals surface area contributed by atoms with E-state index in [1.165, 1.54) is 16.6 Å². The molecule has 2 nitrogen and oxygen atoms in total. The quantitative estimate of drug-likeness (QED) is 0.846. The zero-order valence-electron chi connectivity index (χ0n) is 13.2. The molecular formula is C17H23FN2S. The summed E-state index contributed by atoms with van der Waals surface area (Å²) in [5, 5.41) is 4.37. The molecule has 0 saturated carbocycles. The number of nitrogens with one attached hydrogen (secondary N) is 1. The second-order valence-corrected chi connectivity index (χ2v) is 6.81. The summed E-state index contributed by atoms with van der Waals surface area (Å²) in [6, 6.07) is 4.92. The second-order valence-electron chi connectivity index (χ2n) is 5.73. The maximum atomic E-state index is 13.3. The number of thiazole rings is 1. The van der Waals surface area contributed by atoms with Crippen LogP contribution in [0.4, 0.5) is 4.39 Å². The summed E-state index contributed by atoms with van der Waals surface area (Å²) in [6.07, 6.45) is 0.984. The lowest BCUT2D eigenvalue weighted by molar-refractivity contribution is 0.626. The van der Waals surface area contributed by atoms with Crippen molar-refractivity contribution in [3.63, 3.8) is 0 Å². The van der Waals surface area contributed by atoms with Gasteiger partial charge in [0.15, 0.2) is 0 Å². The lowest BCUT2D eigenvalue weighted by Gasteiger charge is -2.05. The van der Waals surface area contributed by atoms with Crippen LogP contribution in [0.3, 0.4) is 0 Å². The Kier molecular flexibility index (Phi) is 5.48. The molecule has 0 aliphatic carbocycles. The van der Waals surface area contributed by atoms with Crippen molar-refractivity contribution in [3.05, 3.63) is 40.2 Å². The molecule has 1 aromatic carbocycles. The Morgan fingerprint density at radius 3 is 2.71 bits per heavy atom. The van der Waals surface area contributed by atoms with E-state index in [2.05, 4.69) is 26.1 Å². The molecule has 114 valence electrons. The van der Waals surface area contributed by atoms with Crippen LogP contribution in [-0.4, -0.2) is 11.5 Å². The first kappa shape index (κ1) is 16.1. The van der Waals surface area contributed by atoms with E-state index in [-0.39, 0.29) is 5.82 Å². The average molecular weight is 306 g/mol. The molecule has 2 rings (SSSR count). The summed E-state index contributed by atoms with van der Waals surface area (Å²) >= 11 is 1.72. The van der Waals surface area contributed by atoms with Crippen LogP contribution in [0.2, 0.25) is 0 Å². The topological polar surface area (TPSA) is 24.9 Å². The van der Waals surface area contributed by atoms with Crippen LogP contribution in [0.1, 0.15) is 36.9 Å². The molecule has 0 atom stereocenters. The van der Waals surface area contributed by atoms with Crippen LogP contribution in [0.25, 0.3) is 10.6 Å². The highest BCUT2D eigenvalue weighted by Gasteiger charge is 2.15. The van der Waals surface area contributed by atoms with Gasteiger partial charge >= 0.3 is 0 Å². The van der Waals surface area contributed by atoms with Gasteiger partial charge in [-0.05, 0) is 49.6 Å². The van der Waals surface area contributed by atoms with Crippen molar-refractivity contribution in [1.82, 2.24) is 10.3 Å². The maximum absolute atomic E-state index is 13.3. The van der Waals surface area contributed by atoms with Gasteiger partial charge in [0.05, 0.1) is 5.69 Å². The Bertz CT molecular complexity index is 605. The lowest BCUT2D eigenvalue weighted by atomic mass is 10.1. The Morgan fingerprint density at radius 2 is 2.10 bits per heavy atom. The Hall–Kier alpha value is -1.26. The zero-order valence-corrected chi connectivity index (χ0v) is 14.0. The van der Waals surface area contributed by atoms with Crippen molar-refractivity contribution < 1.29 is 4.39 Å². The van der Waals surface area contributed by atoms with E-state index in [0.29, 0.717) is 5.92 Å². The number of benzene rings is 1. The molecule has 0 aliphatic rings. The average Bonchev–Trinajstić information content (AvgIpc) is 2.78. The fourth-order valence-electron chi connectivity index (χ4n) is 2.29. The highest BCUT2D eigenvalue weighted by atomic mass is 32.1. The van der Waals surface area contributed by atoms with E-state index in [9.17, 15) is 4.39 Å². The lowest BCUT2D eigenvalue weighted by Crippen LogP contribution is -2.12. The Labute approximate surface area is 130 Å². The van der Waals surface area contributed by atoms with E-state index in [1.54, 1.807) is 17.4 Å². The van der Waals surface area contributed by atoms with E-state index >= 15 is 0 Å². The number of halogens is 1. The third-order valence-electron chi connectivity index (χ3n) is 3.33. The first-order chi connectivity index (χ1) is 10.0. The van der Waals surface area contributed by atoms with Crippen LogP contribution in [0.5, 0.6) is 0 Å². The summed E-state index contributed by atoms with van der Waals surface area (Å²) in [4.78, 5) is 6.12. The molecule has 1 heterocycles. The van der Waals surface area contributed by atoms with Crippen LogP contribution in [-0.2, 0) is 13.0 Å². The number of nitrogens with zero attached hydrogens (tertiary/aromatic N) is 1. The minimum absolute atomic E-state index is 0.192. The highest BCUT2D eigenvalue weighted by molar-refractivity contribution is 7.15. The predicted molar refractivity (Wildman–Crippen MR) is 88.2 cm³/mol. The van der Waals surface area contributed by atoms with Gasteiger partial charge in [-0.3, -0.25) is 0 Å². The summed E-state index contributed by atoms with van der Waals surface area (Å²) < 4.78 is 13.3. The van der Waals surface area contributed by atoms with Crippen LogP contribution >= 0.6 is 11.3 Å². The molecule has 21 heavy (non-hydrogen) atoms. The summed E-state index contributed by atoms with van der Waals surface area (Å²) in [6.45, 7) is 10.3. The molecule has 0 saturated heterocycles. The SMILES string of the molecule is CCNCc1sc(-c2ccc(F)cc2C)nc1CC(C)C. The van der Waals surface area contributed by atoms with Gasteiger partial charge in [0.25, 0.3) is 0 Å². The number of hydrogen-bond donors (Lipinski definition) is 1. The standard InChI is InChI=1S/C17H23FN2S/c1-5-19-10-16-15(8-11(2)3)20-17(21-16)14-7-6-13(18)9-12(14)4/h6-7,9,11,19H,5,8,10H2,1-4H3. The molecule has 0 fully saturated rings. The summed E-state index contributed by atoms with van der Waals surface area (Å²) in [5.41, 5.74) is 3.15. The number of rotatable bonds is 6. The third-order valence-corrected chi connectivity index (χ3v) is 4.47. The van der Waals surface area contributed by atoms with Gasteiger partial charge in [-0.15, -0.1) is 11.3 Å². The number of aryl methyl sites for hydroxylation is 1. The van der Waals surface area contributed by atoms with Crippen molar-refractivity contribution >= 4 is 11.3 Å². The van der Waals surface area contributed by atoms with Gasteiger partial charge in [-0.25, -0.2) is 9.37 Å². The fourth-order valence-corrected chi connectivity index (χ4v) is 3.44. The van der Waals surface area contributed by atoms with Crippen LogP contribution in [0, 0.1) is 18.7 Å². The molecule has 0 radical (unpaired) electrons. The monoisotopic (exact) mass is 306 g/mol. The van der Waals surface area contributed by atoms with Gasteiger partial charge in [0.1, 0.15) is 10.8 Å². The van der Waals surface area contributed by atoms with Crippen LogP contribution < -0.4 is 5.32 Å². The third kappa shape index (κ3) is 4.11. The van der Waals surface area contributed by atoms with Gasteiger partial charge in [0.2, 0.25) is 0 Å². The molecule has 4 heteroatoms. The van der Waals surface area contributed by atoms with Crippen molar-refractivity contribution in [2.45, 2.75) is 40.7 Å². The van der Waals surface area contributed by atoms with Crippen LogP contribution in [0.15, 0.2) is 18.2 Å². The molecule has 0 aliphatic heterocycles. The predicted octanol–water partition coefficient (Wildman–Crippen LogP) is 4.57. The van der Waals surface area contributed by atoms with Gasteiger partial charge < -0.3 is 5.32 Å². The fraction of sp³-hybridized carbons (Fsp3) is 0.471. The highest BCUT2D eigenvalue weighted by Crippen LogP contribution is 2.31. The van der Waals surface area contributed by atoms with Crippen molar-refractivity contribution in [2.75, 3.05) is 6.54 Å². The van der Waals surface area contributed by atoms with Gasteiger partial charge in [-0.1, -0.05) is 20.8 Å². The normalized spacial score (nSPS) is 11.3. The van der Waals surface area contributed by atoms with Crippen molar-refractivity contribution in [3.8, 4) is 10.6 Å². The Balaban J connectivity index is 2.37. The zero-order chi connectivity index (χ0) is 15.4. The van der Waals surface area contributed by atoms with E-state index in [1.807, 2.05) is 13.0 Å². The molecular weight excluding hydrogens is 283 g/mol. The van der Waals surface area contributed by atoms with Crippen molar-refractivity contribution in [2.24, 2.45) is 5.92 Å². The minimum atomic E-state index is -0.192. The van der Waals surface area contributed by atoms with Gasteiger partial charge in [0, 0.05) is 17.0 Å². The first-order valence-corrected chi connectivity index (χ1v) is 8.28. The molecule has 1 aromatic heterocycles. The maximum Gasteiger partial charge on any atom is 0.124 e. The number of aromatic nitrogens is 1. The van der Waals surface area contributed by atoms with Gasteiger partial charge in [-0.2, -0.15) is 0 Å². The molecule has 0 spiro atoms. The molecule has 0 unspecified atom stereocenters. The van der Waals surface area contributed by atoms with Crippen molar-refractivity contribution in [1.29, 1.82) is 0 Å². The van der Waals surface area contributed by atoms with E-state index in [4.69, 9.17) is 4.98 Å². The summed E-state index contributed by atoms with van der Waals surface area (Å²) in [5.74, 6) is 0.387. The largest absolute Gasteiger partial charge is 0.312 e. The summed E-state index contributed by atoms with van der Waals surface area (Å²) in [7, 11) is 0. The minimum Gasteiger partial charge on any atom is -0.312 e. The molecule has 0 bridgehead atoms. The first-order valence-electron chi connectivity index (χ1n) is 7.47.